The Hall–Kier alpha value is -1.98. The number of likely N-dealkylation sites (tertiary alicyclic amines) is 1. The summed E-state index contributed by atoms with van der Waals surface area (Å²) in [4.78, 5) is 15.7. The summed E-state index contributed by atoms with van der Waals surface area (Å²) in [7, 11) is -3.38. The lowest BCUT2D eigenvalue weighted by molar-refractivity contribution is -0.00557. The number of rotatable bonds is 5. The van der Waals surface area contributed by atoms with Gasteiger partial charge in [-0.15, -0.1) is 0 Å². The number of carbonyl (C=O) groups excluding carboxylic acids is 1. The Morgan fingerprint density at radius 3 is 2.12 bits per heavy atom. The topological polar surface area (TPSA) is 91.0 Å². The summed E-state index contributed by atoms with van der Waals surface area (Å²) in [5.74, 6) is -1.49. The van der Waals surface area contributed by atoms with Crippen LogP contribution in [0.4, 0.5) is 25.0 Å². The van der Waals surface area contributed by atoms with E-state index in [2.05, 4.69) is 10.0 Å². The SMILES string of the molecule is CC(C)S(=O)(=O)NC1CCN(C(=O)Nc2cc(F)c(N3C[C@@H](C)O[C@@H](C)C3)c(F)c2)CC1. The molecule has 2 fully saturated rings. The molecule has 2 heterocycles. The Kier molecular flexibility index (Phi) is 7.61. The molecule has 0 aliphatic carbocycles. The maximum atomic E-state index is 14.8. The molecule has 0 saturated carbocycles. The van der Waals surface area contributed by atoms with Gasteiger partial charge in [0.2, 0.25) is 10.0 Å². The number of piperidine rings is 1. The molecular formula is C21H32F2N4O4S. The number of sulfonamides is 1. The Morgan fingerprint density at radius 2 is 1.62 bits per heavy atom. The van der Waals surface area contributed by atoms with Gasteiger partial charge in [-0.25, -0.2) is 26.7 Å². The third-order valence-electron chi connectivity index (χ3n) is 5.74. The van der Waals surface area contributed by atoms with Crippen molar-refractivity contribution in [3.8, 4) is 0 Å². The van der Waals surface area contributed by atoms with Gasteiger partial charge in [0.15, 0.2) is 11.6 Å². The molecule has 2 aliphatic rings. The Morgan fingerprint density at radius 1 is 1.09 bits per heavy atom. The van der Waals surface area contributed by atoms with Gasteiger partial charge < -0.3 is 19.9 Å². The molecule has 0 unspecified atom stereocenters. The summed E-state index contributed by atoms with van der Waals surface area (Å²) in [6.45, 7) is 8.34. The standard InChI is InChI=1S/C21H32F2N4O4S/c1-13(2)32(29,30)25-16-5-7-26(8-6-16)21(28)24-17-9-18(22)20(19(23)10-17)27-11-14(3)31-15(4)12-27/h9-10,13-16,25H,5-8,11-12H2,1-4H3,(H,24,28)/t14-,15+. The summed E-state index contributed by atoms with van der Waals surface area (Å²) in [6, 6.07) is 1.52. The van der Waals surface area contributed by atoms with E-state index in [1.807, 2.05) is 13.8 Å². The van der Waals surface area contributed by atoms with Crippen molar-refractivity contribution in [2.24, 2.45) is 0 Å². The van der Waals surface area contributed by atoms with Crippen LogP contribution in [0.15, 0.2) is 12.1 Å². The summed E-state index contributed by atoms with van der Waals surface area (Å²) in [5.41, 5.74) is -0.0889. The van der Waals surface area contributed by atoms with Crippen LogP contribution in [0.25, 0.3) is 0 Å². The van der Waals surface area contributed by atoms with Crippen LogP contribution in [0.1, 0.15) is 40.5 Å². The zero-order chi connectivity index (χ0) is 23.6. The van der Waals surface area contributed by atoms with Crippen LogP contribution in [-0.2, 0) is 14.8 Å². The molecular weight excluding hydrogens is 442 g/mol. The predicted molar refractivity (Wildman–Crippen MR) is 119 cm³/mol. The molecule has 2 saturated heterocycles. The van der Waals surface area contributed by atoms with E-state index in [0.29, 0.717) is 39.0 Å². The molecule has 3 rings (SSSR count). The van der Waals surface area contributed by atoms with Gasteiger partial charge in [0.25, 0.3) is 0 Å². The molecule has 0 bridgehead atoms. The molecule has 11 heteroatoms. The number of urea groups is 1. The monoisotopic (exact) mass is 474 g/mol. The van der Waals surface area contributed by atoms with E-state index < -0.39 is 32.9 Å². The molecule has 180 valence electrons. The maximum absolute atomic E-state index is 14.8. The summed E-state index contributed by atoms with van der Waals surface area (Å²) in [6.07, 6.45) is 0.637. The van der Waals surface area contributed by atoms with Crippen LogP contribution in [0, 0.1) is 11.6 Å². The molecule has 2 N–H and O–H groups in total. The number of halogens is 2. The largest absolute Gasteiger partial charge is 0.372 e. The van der Waals surface area contributed by atoms with E-state index in [-0.39, 0.29) is 29.6 Å². The number of morpholine rings is 1. The lowest BCUT2D eigenvalue weighted by Gasteiger charge is -2.37. The van der Waals surface area contributed by atoms with Crippen molar-refractivity contribution < 1.29 is 26.7 Å². The number of hydrogen-bond donors (Lipinski definition) is 2. The number of nitrogens with one attached hydrogen (secondary N) is 2. The van der Waals surface area contributed by atoms with Crippen LogP contribution in [0.2, 0.25) is 0 Å². The van der Waals surface area contributed by atoms with Crippen LogP contribution in [0.3, 0.4) is 0 Å². The number of benzene rings is 1. The number of carbonyl (C=O) groups is 1. The molecule has 0 aromatic heterocycles. The third kappa shape index (κ3) is 5.87. The van der Waals surface area contributed by atoms with Crippen molar-refractivity contribution in [3.63, 3.8) is 0 Å². The highest BCUT2D eigenvalue weighted by atomic mass is 32.2. The molecule has 0 radical (unpaired) electrons. The minimum atomic E-state index is -3.38. The fraction of sp³-hybridized carbons (Fsp3) is 0.667. The number of hydrogen-bond acceptors (Lipinski definition) is 5. The highest BCUT2D eigenvalue weighted by Crippen LogP contribution is 2.30. The Balaban J connectivity index is 1.60. The first-order valence-electron chi connectivity index (χ1n) is 10.9. The van der Waals surface area contributed by atoms with Gasteiger partial charge in [-0.1, -0.05) is 0 Å². The van der Waals surface area contributed by atoms with Crippen molar-refractivity contribution in [1.29, 1.82) is 0 Å². The van der Waals surface area contributed by atoms with E-state index in [0.717, 1.165) is 12.1 Å². The van der Waals surface area contributed by atoms with E-state index in [9.17, 15) is 22.0 Å². The molecule has 2 atom stereocenters. The van der Waals surface area contributed by atoms with Crippen molar-refractivity contribution in [3.05, 3.63) is 23.8 Å². The van der Waals surface area contributed by atoms with Gasteiger partial charge in [0, 0.05) is 37.9 Å². The lowest BCUT2D eigenvalue weighted by atomic mass is 10.1. The Labute approximate surface area is 188 Å². The highest BCUT2D eigenvalue weighted by Gasteiger charge is 2.29. The van der Waals surface area contributed by atoms with Crippen LogP contribution < -0.4 is 14.9 Å². The third-order valence-corrected chi connectivity index (χ3v) is 7.64. The zero-order valence-electron chi connectivity index (χ0n) is 18.9. The normalized spacial score (nSPS) is 23.0. The van der Waals surface area contributed by atoms with Crippen molar-refractivity contribution >= 4 is 27.4 Å². The molecule has 2 aliphatic heterocycles. The molecule has 0 spiro atoms. The fourth-order valence-corrected chi connectivity index (χ4v) is 5.04. The van der Waals surface area contributed by atoms with Gasteiger partial charge in [-0.05, 0) is 52.7 Å². The van der Waals surface area contributed by atoms with Crippen molar-refractivity contribution in [2.45, 2.75) is 64.0 Å². The number of nitrogens with zero attached hydrogens (tertiary/aromatic N) is 2. The second-order valence-corrected chi connectivity index (χ2v) is 11.1. The Bertz CT molecular complexity index is 903. The van der Waals surface area contributed by atoms with Crippen LogP contribution in [-0.4, -0.2) is 69.0 Å². The van der Waals surface area contributed by atoms with Gasteiger partial charge in [-0.3, -0.25) is 0 Å². The second-order valence-electron chi connectivity index (χ2n) is 8.85. The minimum Gasteiger partial charge on any atom is -0.372 e. The van der Waals surface area contributed by atoms with E-state index >= 15 is 0 Å². The first kappa shape index (κ1) is 24.7. The van der Waals surface area contributed by atoms with E-state index in [1.165, 1.54) is 4.90 Å². The van der Waals surface area contributed by atoms with E-state index in [1.54, 1.807) is 18.7 Å². The first-order valence-corrected chi connectivity index (χ1v) is 12.5. The maximum Gasteiger partial charge on any atom is 0.321 e. The van der Waals surface area contributed by atoms with E-state index in [4.69, 9.17) is 4.74 Å². The second kappa shape index (κ2) is 9.88. The average molecular weight is 475 g/mol. The van der Waals surface area contributed by atoms with Crippen LogP contribution >= 0.6 is 0 Å². The summed E-state index contributed by atoms with van der Waals surface area (Å²) in [5, 5.41) is 2.02. The molecule has 2 amide bonds. The fourth-order valence-electron chi connectivity index (χ4n) is 4.07. The predicted octanol–water partition coefficient (Wildman–Crippen LogP) is 2.90. The van der Waals surface area contributed by atoms with Gasteiger partial charge in [-0.2, -0.15) is 0 Å². The van der Waals surface area contributed by atoms with Gasteiger partial charge in [0.05, 0.1) is 17.5 Å². The average Bonchev–Trinajstić information content (AvgIpc) is 2.66. The molecule has 8 nitrogen and oxygen atoms in total. The smallest absolute Gasteiger partial charge is 0.321 e. The summed E-state index contributed by atoms with van der Waals surface area (Å²) >= 11 is 0. The molecule has 1 aromatic carbocycles. The van der Waals surface area contributed by atoms with Crippen LogP contribution in [0.5, 0.6) is 0 Å². The van der Waals surface area contributed by atoms with Crippen molar-refractivity contribution in [2.75, 3.05) is 36.4 Å². The number of anilines is 2. The number of amides is 2. The molecule has 1 aromatic rings. The van der Waals surface area contributed by atoms with Crippen molar-refractivity contribution in [1.82, 2.24) is 9.62 Å². The zero-order valence-corrected chi connectivity index (χ0v) is 19.7. The first-order chi connectivity index (χ1) is 15.0. The van der Waals surface area contributed by atoms with Gasteiger partial charge in [0.1, 0.15) is 5.69 Å². The lowest BCUT2D eigenvalue weighted by Crippen LogP contribution is -2.48. The quantitative estimate of drug-likeness (QED) is 0.685. The number of ether oxygens (including phenoxy) is 1. The van der Waals surface area contributed by atoms with Gasteiger partial charge >= 0.3 is 6.03 Å². The highest BCUT2D eigenvalue weighted by molar-refractivity contribution is 7.90. The molecule has 32 heavy (non-hydrogen) atoms. The summed E-state index contributed by atoms with van der Waals surface area (Å²) < 4.78 is 61.8. The minimum absolute atomic E-state index is 0.0331.